The highest BCUT2D eigenvalue weighted by atomic mass is 32.1. The van der Waals surface area contributed by atoms with Crippen LogP contribution in [0.3, 0.4) is 0 Å². The Morgan fingerprint density at radius 3 is 1.57 bits per heavy atom. The van der Waals surface area contributed by atoms with Crippen molar-refractivity contribution in [3.63, 3.8) is 0 Å². The molecule has 0 spiro atoms. The summed E-state index contributed by atoms with van der Waals surface area (Å²) in [4.78, 5) is 25.8. The van der Waals surface area contributed by atoms with E-state index in [1.54, 1.807) is 11.3 Å². The highest BCUT2D eigenvalue weighted by Gasteiger charge is 2.21. The molecule has 4 aromatic heterocycles. The van der Waals surface area contributed by atoms with Crippen molar-refractivity contribution in [3.05, 3.63) is 231 Å². The monoisotopic (exact) mass is 886 g/mol. The van der Waals surface area contributed by atoms with E-state index in [-0.39, 0.29) is 0 Å². The van der Waals surface area contributed by atoms with Gasteiger partial charge in [-0.3, -0.25) is 0 Å². The molecule has 318 valence electrons. The summed E-state index contributed by atoms with van der Waals surface area (Å²) >= 11 is 1.75. The second-order valence-corrected chi connectivity index (χ2v) is 17.9. The number of rotatable bonds is 8. The number of hydrogen-bond acceptors (Lipinski definition) is 6. The minimum absolute atomic E-state index is 0.607. The van der Waals surface area contributed by atoms with Crippen LogP contribution in [0.4, 0.5) is 0 Å². The maximum atomic E-state index is 5.33. The summed E-state index contributed by atoms with van der Waals surface area (Å²) < 4.78 is 4.67. The SMILES string of the molecule is c1ccc(-c2ccc3c(c2)c2c(-c4cccc(-c5nc(-c6ccccc6)c6sc7ccccc7c6n5)c4)cccc2n3-c2cccc(-c3nc(-c4ccccc4)nc(-c4ccccc4)n3)c2)cc1. The Bertz CT molecular complexity index is 3960. The van der Waals surface area contributed by atoms with Gasteiger partial charge in [0, 0.05) is 54.4 Å². The van der Waals surface area contributed by atoms with Gasteiger partial charge in [-0.15, -0.1) is 11.3 Å². The van der Waals surface area contributed by atoms with Crippen molar-refractivity contribution in [2.75, 3.05) is 0 Å². The Kier molecular flexibility index (Phi) is 9.58. The molecule has 9 aromatic carbocycles. The molecule has 4 heterocycles. The second-order valence-electron chi connectivity index (χ2n) is 16.8. The van der Waals surface area contributed by atoms with E-state index in [0.29, 0.717) is 23.3 Å². The number of hydrogen-bond donors (Lipinski definition) is 0. The quantitative estimate of drug-likeness (QED) is 0.152. The summed E-state index contributed by atoms with van der Waals surface area (Å²) in [6, 6.07) is 80.5. The molecule has 0 bridgehead atoms. The Morgan fingerprint density at radius 2 is 0.868 bits per heavy atom. The highest BCUT2D eigenvalue weighted by molar-refractivity contribution is 7.26. The lowest BCUT2D eigenvalue weighted by molar-refractivity contribution is 1.07. The van der Waals surface area contributed by atoms with Gasteiger partial charge in [0.1, 0.15) is 0 Å². The van der Waals surface area contributed by atoms with Crippen LogP contribution in [-0.4, -0.2) is 29.5 Å². The molecule has 68 heavy (non-hydrogen) atoms. The summed E-state index contributed by atoms with van der Waals surface area (Å²) in [7, 11) is 0. The fourth-order valence-electron chi connectivity index (χ4n) is 9.46. The van der Waals surface area contributed by atoms with Gasteiger partial charge in [0.2, 0.25) is 0 Å². The van der Waals surface area contributed by atoms with Crippen molar-refractivity contribution in [2.24, 2.45) is 0 Å². The molecule has 0 saturated heterocycles. The van der Waals surface area contributed by atoms with Crippen molar-refractivity contribution < 1.29 is 0 Å². The normalized spacial score (nSPS) is 11.5. The second kappa shape index (κ2) is 16.5. The summed E-state index contributed by atoms with van der Waals surface area (Å²) in [5.41, 5.74) is 14.4. The number of aromatic nitrogens is 6. The lowest BCUT2D eigenvalue weighted by atomic mass is 9.96. The van der Waals surface area contributed by atoms with Crippen LogP contribution in [0.2, 0.25) is 0 Å². The zero-order chi connectivity index (χ0) is 45.0. The predicted octanol–water partition coefficient (Wildman–Crippen LogP) is 15.8. The topological polar surface area (TPSA) is 69.4 Å². The van der Waals surface area contributed by atoms with Crippen LogP contribution < -0.4 is 0 Å². The molecule has 0 saturated carbocycles. The van der Waals surface area contributed by atoms with Crippen molar-refractivity contribution in [1.82, 2.24) is 29.5 Å². The Balaban J connectivity index is 1.000. The molecular weight excluding hydrogens is 849 g/mol. The summed E-state index contributed by atoms with van der Waals surface area (Å²) in [5.74, 6) is 2.56. The third-order valence-corrected chi connectivity index (χ3v) is 13.8. The molecular formula is C61H38N6S. The molecule has 0 fully saturated rings. The third kappa shape index (κ3) is 6.92. The standard InChI is InChI=1S/C61H38N6S/c1-5-18-39(19-6-1)43-34-35-51-50(38-43)54-48(44-26-15-27-45(36-44)60-62-55(40-20-7-2-8-21-40)57-56(63-60)49-30-13-14-33-53(49)68-57)31-17-32-52(54)67(51)47-29-16-28-46(37-47)61-65-58(41-22-9-3-10-23-41)64-59(66-61)42-24-11-4-12-25-42/h1-38H. The van der Waals surface area contributed by atoms with Crippen molar-refractivity contribution >= 4 is 53.4 Å². The van der Waals surface area contributed by atoms with Crippen molar-refractivity contribution in [2.45, 2.75) is 0 Å². The summed E-state index contributed by atoms with van der Waals surface area (Å²) in [5, 5.41) is 3.45. The van der Waals surface area contributed by atoms with Gasteiger partial charge in [-0.05, 0) is 64.7 Å². The van der Waals surface area contributed by atoms with E-state index in [4.69, 9.17) is 24.9 Å². The van der Waals surface area contributed by atoms with E-state index in [2.05, 4.69) is 168 Å². The summed E-state index contributed by atoms with van der Waals surface area (Å²) in [6.45, 7) is 0. The van der Waals surface area contributed by atoms with Crippen LogP contribution in [0.25, 0.3) is 127 Å². The van der Waals surface area contributed by atoms with Gasteiger partial charge in [0.15, 0.2) is 23.3 Å². The first-order valence-corrected chi connectivity index (χ1v) is 23.5. The molecule has 0 atom stereocenters. The van der Waals surface area contributed by atoms with Gasteiger partial charge < -0.3 is 4.57 Å². The lowest BCUT2D eigenvalue weighted by Crippen LogP contribution is -2.01. The molecule has 0 aliphatic heterocycles. The van der Waals surface area contributed by atoms with Crippen LogP contribution >= 0.6 is 11.3 Å². The zero-order valence-electron chi connectivity index (χ0n) is 36.5. The van der Waals surface area contributed by atoms with Crippen LogP contribution in [0.1, 0.15) is 0 Å². The van der Waals surface area contributed by atoms with Crippen LogP contribution in [0.15, 0.2) is 231 Å². The molecule has 13 rings (SSSR count). The maximum Gasteiger partial charge on any atom is 0.164 e. The molecule has 0 amide bonds. The van der Waals surface area contributed by atoms with E-state index < -0.39 is 0 Å². The van der Waals surface area contributed by atoms with Gasteiger partial charge >= 0.3 is 0 Å². The zero-order valence-corrected chi connectivity index (χ0v) is 37.3. The third-order valence-electron chi connectivity index (χ3n) is 12.7. The van der Waals surface area contributed by atoms with Crippen LogP contribution in [0.5, 0.6) is 0 Å². The fourth-order valence-corrected chi connectivity index (χ4v) is 10.6. The molecule has 7 heteroatoms. The minimum Gasteiger partial charge on any atom is -0.309 e. The number of thiophene rings is 1. The van der Waals surface area contributed by atoms with Gasteiger partial charge in [-0.1, -0.05) is 188 Å². The molecule has 0 N–H and O–H groups in total. The average Bonchev–Trinajstić information content (AvgIpc) is 3.97. The highest BCUT2D eigenvalue weighted by Crippen LogP contribution is 2.43. The summed E-state index contributed by atoms with van der Waals surface area (Å²) in [6.07, 6.45) is 0. The van der Waals surface area contributed by atoms with Gasteiger partial charge in [-0.25, -0.2) is 24.9 Å². The van der Waals surface area contributed by atoms with Gasteiger partial charge in [0.05, 0.1) is 26.9 Å². The first-order valence-electron chi connectivity index (χ1n) is 22.7. The molecule has 0 aliphatic carbocycles. The molecule has 0 aliphatic rings. The maximum absolute atomic E-state index is 5.33. The Hall–Kier alpha value is -8.91. The first-order chi connectivity index (χ1) is 33.7. The average molecular weight is 887 g/mol. The minimum atomic E-state index is 0.607. The molecule has 0 unspecified atom stereocenters. The smallest absolute Gasteiger partial charge is 0.164 e. The van der Waals surface area contributed by atoms with E-state index in [0.717, 1.165) is 98.9 Å². The molecule has 13 aromatic rings. The van der Waals surface area contributed by atoms with Crippen LogP contribution in [-0.2, 0) is 0 Å². The lowest BCUT2D eigenvalue weighted by Gasteiger charge is -2.12. The number of fused-ring (bicyclic) bond motifs is 6. The Morgan fingerprint density at radius 1 is 0.324 bits per heavy atom. The fraction of sp³-hybridized carbons (Fsp3) is 0. The van der Waals surface area contributed by atoms with Gasteiger partial charge in [0.25, 0.3) is 0 Å². The largest absolute Gasteiger partial charge is 0.309 e. The van der Waals surface area contributed by atoms with Crippen molar-refractivity contribution in [1.29, 1.82) is 0 Å². The number of benzene rings is 9. The predicted molar refractivity (Wildman–Crippen MR) is 281 cm³/mol. The Labute approximate surface area is 396 Å². The van der Waals surface area contributed by atoms with E-state index in [9.17, 15) is 0 Å². The van der Waals surface area contributed by atoms with Crippen LogP contribution in [0, 0.1) is 0 Å². The number of nitrogens with zero attached hydrogens (tertiary/aromatic N) is 6. The van der Waals surface area contributed by atoms with E-state index in [1.807, 2.05) is 66.7 Å². The van der Waals surface area contributed by atoms with Crippen molar-refractivity contribution in [3.8, 4) is 84.7 Å². The first kappa shape index (κ1) is 39.5. The van der Waals surface area contributed by atoms with E-state index >= 15 is 0 Å². The van der Waals surface area contributed by atoms with Gasteiger partial charge in [-0.2, -0.15) is 0 Å². The molecule has 0 radical (unpaired) electrons. The molecule has 6 nitrogen and oxygen atoms in total. The van der Waals surface area contributed by atoms with E-state index in [1.165, 1.54) is 4.70 Å².